The summed E-state index contributed by atoms with van der Waals surface area (Å²) < 4.78 is 32.3. The number of rotatable bonds is 6. The Morgan fingerprint density at radius 1 is 1.14 bits per heavy atom. The van der Waals surface area contributed by atoms with Crippen LogP contribution in [0.3, 0.4) is 0 Å². The second kappa shape index (κ2) is 8.96. The Labute approximate surface area is 174 Å². The first-order valence-corrected chi connectivity index (χ1v) is 11.7. The normalized spacial score (nSPS) is 19.6. The van der Waals surface area contributed by atoms with Crippen LogP contribution in [-0.4, -0.2) is 44.9 Å². The summed E-state index contributed by atoms with van der Waals surface area (Å²) in [6.45, 7) is 5.27. The Balaban J connectivity index is 1.54. The van der Waals surface area contributed by atoms with Crippen LogP contribution >= 0.6 is 11.3 Å². The van der Waals surface area contributed by atoms with E-state index in [4.69, 9.17) is 4.74 Å². The molecule has 29 heavy (non-hydrogen) atoms. The largest absolute Gasteiger partial charge is 0.452 e. The van der Waals surface area contributed by atoms with Crippen LogP contribution in [0.1, 0.15) is 30.6 Å². The average Bonchev–Trinajstić information content (AvgIpc) is 3.21. The molecule has 0 aliphatic carbocycles. The van der Waals surface area contributed by atoms with Crippen LogP contribution in [0.15, 0.2) is 46.0 Å². The number of hydrogen-bond donors (Lipinski definition) is 1. The van der Waals surface area contributed by atoms with Gasteiger partial charge < -0.3 is 9.64 Å². The number of likely N-dealkylation sites (tertiary alicyclic amines) is 1. The van der Waals surface area contributed by atoms with Gasteiger partial charge >= 0.3 is 5.97 Å². The van der Waals surface area contributed by atoms with Crippen LogP contribution in [0.4, 0.5) is 5.69 Å². The van der Waals surface area contributed by atoms with Crippen LogP contribution < -0.4 is 4.72 Å². The number of nitrogens with zero attached hydrogens (tertiary/aromatic N) is 1. The lowest BCUT2D eigenvalue weighted by molar-refractivity contribution is -0.137. The molecule has 1 N–H and O–H groups in total. The monoisotopic (exact) mass is 436 g/mol. The molecule has 2 aromatic rings. The van der Waals surface area contributed by atoms with Gasteiger partial charge in [0.05, 0.1) is 5.56 Å². The van der Waals surface area contributed by atoms with Crippen molar-refractivity contribution in [2.45, 2.75) is 24.5 Å². The Hall–Kier alpha value is -2.39. The Bertz CT molecular complexity index is 945. The zero-order valence-electron chi connectivity index (χ0n) is 16.3. The maximum atomic E-state index is 12.3. The Morgan fingerprint density at radius 2 is 1.79 bits per heavy atom. The summed E-state index contributed by atoms with van der Waals surface area (Å²) in [5, 5.41) is 1.68. The summed E-state index contributed by atoms with van der Waals surface area (Å²) in [5.41, 5.74) is 0.583. The van der Waals surface area contributed by atoms with E-state index in [1.54, 1.807) is 16.3 Å². The molecule has 0 spiro atoms. The number of anilines is 1. The lowest BCUT2D eigenvalue weighted by Crippen LogP contribution is -2.44. The maximum Gasteiger partial charge on any atom is 0.338 e. The summed E-state index contributed by atoms with van der Waals surface area (Å²) in [6.07, 6.45) is 1.09. The van der Waals surface area contributed by atoms with E-state index in [2.05, 4.69) is 18.6 Å². The van der Waals surface area contributed by atoms with Crippen molar-refractivity contribution in [3.05, 3.63) is 47.3 Å². The molecule has 2 atom stereocenters. The van der Waals surface area contributed by atoms with Crippen molar-refractivity contribution in [2.24, 2.45) is 11.8 Å². The highest BCUT2D eigenvalue weighted by Gasteiger charge is 2.26. The molecule has 3 rings (SSSR count). The van der Waals surface area contributed by atoms with Gasteiger partial charge in [0.15, 0.2) is 6.61 Å². The molecule has 9 heteroatoms. The number of nitrogens with one attached hydrogen (secondary N) is 1. The topological polar surface area (TPSA) is 92.8 Å². The van der Waals surface area contributed by atoms with Gasteiger partial charge in [0.25, 0.3) is 15.9 Å². The van der Waals surface area contributed by atoms with E-state index in [1.807, 2.05) is 0 Å². The predicted octanol–water partition coefficient (Wildman–Crippen LogP) is 3.21. The smallest absolute Gasteiger partial charge is 0.338 e. The lowest BCUT2D eigenvalue weighted by atomic mass is 9.92. The van der Waals surface area contributed by atoms with Gasteiger partial charge in [-0.3, -0.25) is 9.52 Å². The number of piperidine rings is 1. The molecule has 1 fully saturated rings. The standard InChI is InChI=1S/C20H24N2O5S2/c1-14-10-15(2)12-22(11-14)18(23)13-27-20(24)16-5-7-17(8-6-16)21-29(25,26)19-4-3-9-28-19/h3-9,14-15,21H,10-13H2,1-2H3. The van der Waals surface area contributed by atoms with E-state index in [0.29, 0.717) is 30.6 Å². The second-order valence-corrected chi connectivity index (χ2v) is 10.3. The molecule has 1 aliphatic rings. The van der Waals surface area contributed by atoms with E-state index in [9.17, 15) is 18.0 Å². The highest BCUT2D eigenvalue weighted by atomic mass is 32.2. The molecule has 2 unspecified atom stereocenters. The van der Waals surface area contributed by atoms with E-state index >= 15 is 0 Å². The van der Waals surface area contributed by atoms with Gasteiger partial charge in [-0.05, 0) is 54.0 Å². The van der Waals surface area contributed by atoms with Gasteiger partial charge in [-0.2, -0.15) is 0 Å². The van der Waals surface area contributed by atoms with Gasteiger partial charge in [-0.25, -0.2) is 13.2 Å². The molecule has 2 heterocycles. The minimum Gasteiger partial charge on any atom is -0.452 e. The van der Waals surface area contributed by atoms with Crippen molar-refractivity contribution in [3.63, 3.8) is 0 Å². The first kappa shape index (κ1) is 21.3. The van der Waals surface area contributed by atoms with Crippen LogP contribution in [0.5, 0.6) is 0 Å². The van der Waals surface area contributed by atoms with Crippen molar-refractivity contribution in [1.29, 1.82) is 0 Å². The van der Waals surface area contributed by atoms with E-state index < -0.39 is 16.0 Å². The number of amides is 1. The highest BCUT2D eigenvalue weighted by molar-refractivity contribution is 7.94. The van der Waals surface area contributed by atoms with Gasteiger partial charge in [-0.1, -0.05) is 19.9 Å². The maximum absolute atomic E-state index is 12.3. The van der Waals surface area contributed by atoms with Gasteiger partial charge in [0, 0.05) is 18.8 Å². The molecule has 1 aliphatic heterocycles. The Morgan fingerprint density at radius 3 is 2.38 bits per heavy atom. The van der Waals surface area contributed by atoms with Gasteiger partial charge in [-0.15, -0.1) is 11.3 Å². The minimum atomic E-state index is -3.64. The van der Waals surface area contributed by atoms with Crippen molar-refractivity contribution in [1.82, 2.24) is 4.90 Å². The first-order valence-electron chi connectivity index (χ1n) is 9.36. The molecule has 7 nitrogen and oxygen atoms in total. The quantitative estimate of drug-likeness (QED) is 0.702. The molecule has 0 bridgehead atoms. The zero-order chi connectivity index (χ0) is 21.0. The van der Waals surface area contributed by atoms with E-state index in [0.717, 1.165) is 17.8 Å². The van der Waals surface area contributed by atoms with Crippen molar-refractivity contribution in [3.8, 4) is 0 Å². The van der Waals surface area contributed by atoms with E-state index in [1.165, 1.54) is 30.3 Å². The fourth-order valence-electron chi connectivity index (χ4n) is 3.46. The number of ether oxygens (including phenoxy) is 1. The van der Waals surface area contributed by atoms with Crippen molar-refractivity contribution < 1.29 is 22.7 Å². The van der Waals surface area contributed by atoms with E-state index in [-0.39, 0.29) is 22.3 Å². The third-order valence-electron chi connectivity index (χ3n) is 4.68. The highest BCUT2D eigenvalue weighted by Crippen LogP contribution is 2.22. The fraction of sp³-hybridized carbons (Fsp3) is 0.400. The van der Waals surface area contributed by atoms with Crippen LogP contribution in [0.25, 0.3) is 0 Å². The first-order chi connectivity index (χ1) is 13.7. The summed E-state index contributed by atoms with van der Waals surface area (Å²) in [5.74, 6) is 0.0500. The molecule has 0 radical (unpaired) electrons. The average molecular weight is 437 g/mol. The van der Waals surface area contributed by atoms with Gasteiger partial charge in [0.1, 0.15) is 4.21 Å². The minimum absolute atomic E-state index is 0.197. The second-order valence-electron chi connectivity index (χ2n) is 7.44. The number of thiophene rings is 1. The molecule has 0 saturated carbocycles. The number of benzene rings is 1. The third-order valence-corrected chi connectivity index (χ3v) is 7.46. The summed E-state index contributed by atoms with van der Waals surface area (Å²) in [4.78, 5) is 26.3. The van der Waals surface area contributed by atoms with Crippen molar-refractivity contribution in [2.75, 3.05) is 24.4 Å². The fourth-order valence-corrected chi connectivity index (χ4v) is 5.52. The summed E-state index contributed by atoms with van der Waals surface area (Å²) in [6, 6.07) is 9.06. The predicted molar refractivity (Wildman–Crippen MR) is 111 cm³/mol. The number of hydrogen-bond acceptors (Lipinski definition) is 6. The number of sulfonamides is 1. The SMILES string of the molecule is CC1CC(C)CN(C(=O)COC(=O)c2ccc(NS(=O)(=O)c3cccs3)cc2)C1. The number of esters is 1. The van der Waals surface area contributed by atoms with Crippen molar-refractivity contribution >= 4 is 38.9 Å². The third kappa shape index (κ3) is 5.57. The lowest BCUT2D eigenvalue weighted by Gasteiger charge is -2.34. The molecular weight excluding hydrogens is 412 g/mol. The Kier molecular flexibility index (Phi) is 6.59. The summed E-state index contributed by atoms with van der Waals surface area (Å²) in [7, 11) is -3.64. The molecule has 1 aromatic carbocycles. The molecule has 1 amide bonds. The van der Waals surface area contributed by atoms with Crippen LogP contribution in [0, 0.1) is 11.8 Å². The molecule has 1 aromatic heterocycles. The summed E-state index contributed by atoms with van der Waals surface area (Å²) >= 11 is 1.12. The van der Waals surface area contributed by atoms with Gasteiger partial charge in [0.2, 0.25) is 0 Å². The van der Waals surface area contributed by atoms with Crippen LogP contribution in [0.2, 0.25) is 0 Å². The number of carbonyl (C=O) groups is 2. The molecule has 156 valence electrons. The molecule has 1 saturated heterocycles. The van der Waals surface area contributed by atoms with Crippen LogP contribution in [-0.2, 0) is 19.6 Å². The zero-order valence-corrected chi connectivity index (χ0v) is 18.0. The number of carbonyl (C=O) groups excluding carboxylic acids is 2. The molecular formula is C20H24N2O5S2.